The van der Waals surface area contributed by atoms with Gasteiger partial charge in [-0.15, -0.1) is 0 Å². The third kappa shape index (κ3) is 5.08. The Hall–Kier alpha value is -4.18. The summed E-state index contributed by atoms with van der Waals surface area (Å²) in [5, 5.41) is 3.18. The van der Waals surface area contributed by atoms with Crippen LogP contribution in [0.15, 0.2) is 57.7 Å². The summed E-state index contributed by atoms with van der Waals surface area (Å²) in [6.45, 7) is 5.10. The van der Waals surface area contributed by atoms with Crippen molar-refractivity contribution >= 4 is 39.3 Å². The first-order valence-electron chi connectivity index (χ1n) is 11.1. The van der Waals surface area contributed by atoms with Crippen LogP contribution in [0.5, 0.6) is 11.5 Å². The molecule has 0 aliphatic rings. The van der Waals surface area contributed by atoms with Gasteiger partial charge in [0, 0.05) is 5.56 Å². The summed E-state index contributed by atoms with van der Waals surface area (Å²) in [6.07, 6.45) is -1.08. The number of thiazole rings is 1. The number of aryl methyl sites for hydroxylation is 1. The Bertz CT molecular complexity index is 1470. The van der Waals surface area contributed by atoms with E-state index >= 15 is 0 Å². The molecule has 1 N–H and O–H groups in total. The molecule has 0 aliphatic heterocycles. The third-order valence-corrected chi connectivity index (χ3v) is 6.31. The van der Waals surface area contributed by atoms with Crippen molar-refractivity contribution in [3.63, 3.8) is 0 Å². The maximum absolute atomic E-state index is 13.3. The fourth-order valence-corrected chi connectivity index (χ4v) is 4.30. The summed E-state index contributed by atoms with van der Waals surface area (Å²) in [6, 6.07) is 13.7. The number of para-hydroxylation sites is 1. The van der Waals surface area contributed by atoms with Gasteiger partial charge >= 0.3 is 5.97 Å². The van der Waals surface area contributed by atoms with E-state index in [9.17, 15) is 14.4 Å². The van der Waals surface area contributed by atoms with Crippen LogP contribution >= 0.6 is 11.3 Å². The molecule has 2 aromatic carbocycles. The van der Waals surface area contributed by atoms with E-state index in [1.54, 1.807) is 69.5 Å². The first kappa shape index (κ1) is 24.9. The number of rotatable bonds is 8. The molecule has 0 fully saturated rings. The van der Waals surface area contributed by atoms with E-state index in [0.29, 0.717) is 32.9 Å². The fourth-order valence-electron chi connectivity index (χ4n) is 3.44. The molecule has 36 heavy (non-hydrogen) atoms. The fraction of sp³-hybridized carbons (Fsp3) is 0.231. The zero-order valence-corrected chi connectivity index (χ0v) is 20.9. The van der Waals surface area contributed by atoms with Gasteiger partial charge in [-0.1, -0.05) is 23.5 Å². The van der Waals surface area contributed by atoms with Crippen LogP contribution in [0.4, 0.5) is 5.13 Å². The Morgan fingerprint density at radius 1 is 1.14 bits per heavy atom. The maximum atomic E-state index is 13.3. The van der Waals surface area contributed by atoms with Crippen LogP contribution in [-0.4, -0.2) is 36.7 Å². The standard InChI is InChI=1S/C26H24N2O7S/c1-5-33-25(31)23-14(2)27-26(36-23)28-24(30)15(3)34-22-20(29)18-8-6-7-9-19(18)35-21(22)16-10-12-17(32-4)13-11-16/h6-13,15H,5H2,1-4H3,(H,27,28,30). The molecule has 186 valence electrons. The summed E-state index contributed by atoms with van der Waals surface area (Å²) < 4.78 is 22.2. The van der Waals surface area contributed by atoms with Gasteiger partial charge < -0.3 is 18.6 Å². The molecule has 4 rings (SSSR count). The van der Waals surface area contributed by atoms with Gasteiger partial charge in [0.05, 0.1) is 24.8 Å². The van der Waals surface area contributed by atoms with Gasteiger partial charge in [0.25, 0.3) is 5.91 Å². The highest BCUT2D eigenvalue weighted by Crippen LogP contribution is 2.32. The number of hydrogen-bond acceptors (Lipinski definition) is 9. The predicted octanol–water partition coefficient (Wildman–Crippen LogP) is 4.82. The molecule has 2 heterocycles. The monoisotopic (exact) mass is 508 g/mol. The maximum Gasteiger partial charge on any atom is 0.350 e. The van der Waals surface area contributed by atoms with Crippen molar-refractivity contribution in [3.8, 4) is 22.8 Å². The van der Waals surface area contributed by atoms with Gasteiger partial charge in [-0.25, -0.2) is 9.78 Å². The number of anilines is 1. The number of nitrogens with zero attached hydrogens (tertiary/aromatic N) is 1. The Balaban J connectivity index is 1.64. The summed E-state index contributed by atoms with van der Waals surface area (Å²) in [5.41, 5.74) is 1.01. The molecule has 1 amide bonds. The summed E-state index contributed by atoms with van der Waals surface area (Å²) in [4.78, 5) is 42.8. The molecule has 0 saturated carbocycles. The number of nitrogens with one attached hydrogen (secondary N) is 1. The van der Waals surface area contributed by atoms with Crippen molar-refractivity contribution in [2.45, 2.75) is 26.9 Å². The second-order valence-electron chi connectivity index (χ2n) is 7.72. The molecule has 0 radical (unpaired) electrons. The number of methoxy groups -OCH3 is 1. The van der Waals surface area contributed by atoms with Crippen molar-refractivity contribution in [2.24, 2.45) is 0 Å². The molecule has 10 heteroatoms. The second kappa shape index (κ2) is 10.6. The van der Waals surface area contributed by atoms with Crippen LogP contribution in [-0.2, 0) is 9.53 Å². The summed E-state index contributed by atoms with van der Waals surface area (Å²) >= 11 is 1.00. The molecule has 4 aromatic rings. The van der Waals surface area contributed by atoms with E-state index in [4.69, 9.17) is 18.6 Å². The van der Waals surface area contributed by atoms with Crippen LogP contribution < -0.4 is 20.2 Å². The number of esters is 1. The number of benzene rings is 2. The topological polar surface area (TPSA) is 117 Å². The van der Waals surface area contributed by atoms with Gasteiger partial charge in [0.1, 0.15) is 16.2 Å². The molecule has 2 aromatic heterocycles. The van der Waals surface area contributed by atoms with E-state index in [-0.39, 0.29) is 23.2 Å². The molecular weight excluding hydrogens is 484 g/mol. The Labute approximate surface area is 210 Å². The van der Waals surface area contributed by atoms with E-state index in [0.717, 1.165) is 11.3 Å². The van der Waals surface area contributed by atoms with Gasteiger partial charge in [-0.05, 0) is 57.2 Å². The van der Waals surface area contributed by atoms with Gasteiger partial charge in [-0.2, -0.15) is 0 Å². The number of fused-ring (bicyclic) bond motifs is 1. The largest absolute Gasteiger partial charge is 0.497 e. The lowest BCUT2D eigenvalue weighted by atomic mass is 10.1. The van der Waals surface area contributed by atoms with Gasteiger partial charge in [0.2, 0.25) is 11.2 Å². The van der Waals surface area contributed by atoms with Crippen LogP contribution in [0, 0.1) is 6.92 Å². The number of ether oxygens (including phenoxy) is 3. The van der Waals surface area contributed by atoms with Crippen molar-refractivity contribution in [1.29, 1.82) is 0 Å². The molecule has 1 unspecified atom stereocenters. The normalized spacial score (nSPS) is 11.7. The van der Waals surface area contributed by atoms with Crippen LogP contribution in [0.3, 0.4) is 0 Å². The van der Waals surface area contributed by atoms with Gasteiger partial charge in [0.15, 0.2) is 17.0 Å². The number of carbonyl (C=O) groups is 2. The number of hydrogen-bond donors (Lipinski definition) is 1. The smallest absolute Gasteiger partial charge is 0.350 e. The molecule has 9 nitrogen and oxygen atoms in total. The zero-order chi connectivity index (χ0) is 25.8. The molecule has 0 bridgehead atoms. The first-order valence-corrected chi connectivity index (χ1v) is 12.0. The van der Waals surface area contributed by atoms with Crippen LogP contribution in [0.2, 0.25) is 0 Å². The summed E-state index contributed by atoms with van der Waals surface area (Å²) in [5.74, 6) is -0.319. The lowest BCUT2D eigenvalue weighted by molar-refractivity contribution is -0.122. The van der Waals surface area contributed by atoms with Crippen molar-refractivity contribution in [2.75, 3.05) is 19.0 Å². The SMILES string of the molecule is CCOC(=O)c1sc(NC(=O)C(C)Oc2c(-c3ccc(OC)cc3)oc3ccccc3c2=O)nc1C. The second-order valence-corrected chi connectivity index (χ2v) is 8.72. The number of amides is 1. The van der Waals surface area contributed by atoms with Crippen molar-refractivity contribution < 1.29 is 28.2 Å². The number of aromatic nitrogens is 1. The average Bonchev–Trinajstić information content (AvgIpc) is 3.25. The number of carbonyl (C=O) groups excluding carboxylic acids is 2. The molecular formula is C26H24N2O7S. The lowest BCUT2D eigenvalue weighted by Gasteiger charge is -2.16. The highest BCUT2D eigenvalue weighted by Gasteiger charge is 2.25. The van der Waals surface area contributed by atoms with E-state index in [1.807, 2.05) is 0 Å². The summed E-state index contributed by atoms with van der Waals surface area (Å²) in [7, 11) is 1.56. The minimum absolute atomic E-state index is 0.0935. The van der Waals surface area contributed by atoms with E-state index in [1.165, 1.54) is 6.92 Å². The molecule has 0 spiro atoms. The first-order chi connectivity index (χ1) is 17.3. The minimum Gasteiger partial charge on any atom is -0.497 e. The molecule has 0 saturated heterocycles. The Morgan fingerprint density at radius 2 is 1.86 bits per heavy atom. The van der Waals surface area contributed by atoms with Crippen LogP contribution in [0.1, 0.15) is 29.2 Å². The predicted molar refractivity (Wildman–Crippen MR) is 136 cm³/mol. The Kier molecular flexibility index (Phi) is 7.35. The zero-order valence-electron chi connectivity index (χ0n) is 20.1. The average molecular weight is 509 g/mol. The van der Waals surface area contributed by atoms with E-state index < -0.39 is 23.4 Å². The highest BCUT2D eigenvalue weighted by atomic mass is 32.1. The third-order valence-electron chi connectivity index (χ3n) is 5.26. The van der Waals surface area contributed by atoms with E-state index in [2.05, 4.69) is 10.3 Å². The highest BCUT2D eigenvalue weighted by molar-refractivity contribution is 7.17. The van der Waals surface area contributed by atoms with Crippen molar-refractivity contribution in [3.05, 3.63) is 69.3 Å². The molecule has 0 aliphatic carbocycles. The minimum atomic E-state index is -1.08. The molecule has 1 atom stereocenters. The Morgan fingerprint density at radius 3 is 2.56 bits per heavy atom. The van der Waals surface area contributed by atoms with Crippen molar-refractivity contribution in [1.82, 2.24) is 4.98 Å². The van der Waals surface area contributed by atoms with Gasteiger partial charge in [-0.3, -0.25) is 14.9 Å². The van der Waals surface area contributed by atoms with Crippen LogP contribution in [0.25, 0.3) is 22.3 Å². The quantitative estimate of drug-likeness (QED) is 0.337. The lowest BCUT2D eigenvalue weighted by Crippen LogP contribution is -2.31.